The number of thiophene rings is 1. The molecule has 30 heavy (non-hydrogen) atoms. The highest BCUT2D eigenvalue weighted by Gasteiger charge is 2.23. The molecule has 2 rings (SSSR count). The van der Waals surface area contributed by atoms with Gasteiger partial charge in [0.25, 0.3) is 0 Å². The van der Waals surface area contributed by atoms with Crippen molar-refractivity contribution in [2.45, 2.75) is 60.5 Å². The van der Waals surface area contributed by atoms with E-state index < -0.39 is 0 Å². The lowest BCUT2D eigenvalue weighted by atomic mass is 10.1. The van der Waals surface area contributed by atoms with Crippen LogP contribution in [0.2, 0.25) is 0 Å². The number of rotatable bonds is 11. The van der Waals surface area contributed by atoms with E-state index in [0.29, 0.717) is 32.0 Å². The normalized spacial score (nSPS) is 12.1. The average molecular weight is 429 g/mol. The molecule has 2 amide bonds. The van der Waals surface area contributed by atoms with E-state index in [2.05, 4.69) is 32.9 Å². The Morgan fingerprint density at radius 1 is 0.933 bits per heavy atom. The minimum Gasteiger partial charge on any atom is -0.333 e. The van der Waals surface area contributed by atoms with Crippen molar-refractivity contribution in [2.75, 3.05) is 13.1 Å². The maximum absolute atomic E-state index is 13.4. The van der Waals surface area contributed by atoms with E-state index >= 15 is 0 Å². The van der Waals surface area contributed by atoms with Crippen molar-refractivity contribution in [3.05, 3.63) is 57.8 Å². The summed E-state index contributed by atoms with van der Waals surface area (Å²) < 4.78 is 0. The molecule has 1 atom stereocenters. The second-order valence-electron chi connectivity index (χ2n) is 8.63. The third-order valence-corrected chi connectivity index (χ3v) is 6.19. The van der Waals surface area contributed by atoms with Gasteiger partial charge < -0.3 is 9.80 Å². The standard InChI is InChI=1S/C25H36N2O2S/c1-6-20(4)15-26(24(28)14-19(2)3)18-25(29)27(16-22-10-8-7-9-11-22)17-23-13-12-21(5)30-23/h7-13,19-20H,6,14-18H2,1-5H3/t20-/m0/s1. The molecule has 0 saturated carbocycles. The van der Waals surface area contributed by atoms with Crippen molar-refractivity contribution in [3.8, 4) is 0 Å². The highest BCUT2D eigenvalue weighted by atomic mass is 32.1. The number of carbonyl (C=O) groups is 2. The van der Waals surface area contributed by atoms with Gasteiger partial charge in [-0.15, -0.1) is 11.3 Å². The van der Waals surface area contributed by atoms with Crippen LogP contribution in [0.5, 0.6) is 0 Å². The first-order valence-electron chi connectivity index (χ1n) is 10.9. The number of amides is 2. The molecule has 0 aliphatic carbocycles. The maximum atomic E-state index is 13.4. The van der Waals surface area contributed by atoms with E-state index in [9.17, 15) is 9.59 Å². The largest absolute Gasteiger partial charge is 0.333 e. The van der Waals surface area contributed by atoms with E-state index in [1.165, 1.54) is 9.75 Å². The third kappa shape index (κ3) is 7.94. The van der Waals surface area contributed by atoms with Gasteiger partial charge in [0.15, 0.2) is 0 Å². The number of carbonyl (C=O) groups excluding carboxylic acids is 2. The number of aryl methyl sites for hydroxylation is 1. The monoisotopic (exact) mass is 428 g/mol. The lowest BCUT2D eigenvalue weighted by Crippen LogP contribution is -2.44. The molecule has 0 N–H and O–H groups in total. The van der Waals surface area contributed by atoms with Gasteiger partial charge in [-0.05, 0) is 36.5 Å². The van der Waals surface area contributed by atoms with Gasteiger partial charge in [0.2, 0.25) is 11.8 Å². The maximum Gasteiger partial charge on any atom is 0.242 e. The fraction of sp³-hybridized carbons (Fsp3) is 0.520. The van der Waals surface area contributed by atoms with Crippen LogP contribution in [-0.4, -0.2) is 34.7 Å². The first-order chi connectivity index (χ1) is 14.3. The van der Waals surface area contributed by atoms with E-state index in [1.807, 2.05) is 49.1 Å². The van der Waals surface area contributed by atoms with Crippen molar-refractivity contribution in [1.82, 2.24) is 9.80 Å². The molecule has 0 spiro atoms. The van der Waals surface area contributed by atoms with Crippen molar-refractivity contribution >= 4 is 23.2 Å². The molecule has 4 nitrogen and oxygen atoms in total. The first kappa shape index (κ1) is 24.1. The van der Waals surface area contributed by atoms with Gasteiger partial charge in [-0.2, -0.15) is 0 Å². The molecule has 0 aliphatic heterocycles. The third-order valence-electron chi connectivity index (χ3n) is 5.20. The van der Waals surface area contributed by atoms with Gasteiger partial charge in [0.05, 0.1) is 13.1 Å². The van der Waals surface area contributed by atoms with Crippen LogP contribution in [0.4, 0.5) is 0 Å². The number of hydrogen-bond acceptors (Lipinski definition) is 3. The summed E-state index contributed by atoms with van der Waals surface area (Å²) in [6, 6.07) is 14.2. The summed E-state index contributed by atoms with van der Waals surface area (Å²) in [5.41, 5.74) is 1.10. The van der Waals surface area contributed by atoms with Crippen molar-refractivity contribution in [2.24, 2.45) is 11.8 Å². The predicted molar refractivity (Wildman–Crippen MR) is 125 cm³/mol. The molecule has 0 unspecified atom stereocenters. The summed E-state index contributed by atoms with van der Waals surface area (Å²) in [7, 11) is 0. The zero-order chi connectivity index (χ0) is 22.1. The van der Waals surface area contributed by atoms with Crippen LogP contribution in [0.15, 0.2) is 42.5 Å². The minimum absolute atomic E-state index is 0.00492. The molecule has 0 radical (unpaired) electrons. The molecule has 1 heterocycles. The first-order valence-corrected chi connectivity index (χ1v) is 11.7. The summed E-state index contributed by atoms with van der Waals surface area (Å²) >= 11 is 1.72. The Bertz CT molecular complexity index is 800. The minimum atomic E-state index is 0.00492. The van der Waals surface area contributed by atoms with E-state index in [4.69, 9.17) is 0 Å². The topological polar surface area (TPSA) is 40.6 Å². The average Bonchev–Trinajstić information content (AvgIpc) is 3.11. The molecule has 0 bridgehead atoms. The van der Waals surface area contributed by atoms with Gasteiger partial charge in [0.1, 0.15) is 0 Å². The van der Waals surface area contributed by atoms with Gasteiger partial charge in [-0.25, -0.2) is 0 Å². The molecular weight excluding hydrogens is 392 g/mol. The Balaban J connectivity index is 2.18. The lowest BCUT2D eigenvalue weighted by molar-refractivity contribution is -0.142. The molecule has 0 aliphatic rings. The summed E-state index contributed by atoms with van der Waals surface area (Å²) in [5.74, 6) is 0.730. The molecule has 164 valence electrons. The SMILES string of the molecule is CC[C@H](C)CN(CC(=O)N(Cc1ccccc1)Cc1ccc(C)s1)C(=O)CC(C)C. The highest BCUT2D eigenvalue weighted by molar-refractivity contribution is 7.11. The van der Waals surface area contributed by atoms with Crippen molar-refractivity contribution in [3.63, 3.8) is 0 Å². The summed E-state index contributed by atoms with van der Waals surface area (Å²) in [6.07, 6.45) is 1.47. The van der Waals surface area contributed by atoms with Gasteiger partial charge in [-0.3, -0.25) is 9.59 Å². The molecule has 1 aromatic heterocycles. The highest BCUT2D eigenvalue weighted by Crippen LogP contribution is 2.19. The van der Waals surface area contributed by atoms with E-state index in [0.717, 1.165) is 12.0 Å². The molecular formula is C25H36N2O2S. The molecule has 0 saturated heterocycles. The Labute approximate surface area is 185 Å². The van der Waals surface area contributed by atoms with Gasteiger partial charge >= 0.3 is 0 Å². The van der Waals surface area contributed by atoms with Gasteiger partial charge in [-0.1, -0.05) is 64.4 Å². The summed E-state index contributed by atoms with van der Waals surface area (Å²) in [4.78, 5) is 32.3. The van der Waals surface area contributed by atoms with Crippen LogP contribution in [0.25, 0.3) is 0 Å². The summed E-state index contributed by atoms with van der Waals surface area (Å²) in [6.45, 7) is 12.3. The van der Waals surface area contributed by atoms with E-state index in [-0.39, 0.29) is 24.3 Å². The van der Waals surface area contributed by atoms with Crippen LogP contribution in [0, 0.1) is 18.8 Å². The second kappa shape index (κ2) is 11.9. The zero-order valence-corrected chi connectivity index (χ0v) is 19.9. The van der Waals surface area contributed by atoms with Crippen LogP contribution in [0.1, 0.15) is 55.9 Å². The zero-order valence-electron chi connectivity index (χ0n) is 19.1. The Morgan fingerprint density at radius 3 is 2.20 bits per heavy atom. The van der Waals surface area contributed by atoms with Crippen molar-refractivity contribution in [1.29, 1.82) is 0 Å². The van der Waals surface area contributed by atoms with Crippen molar-refractivity contribution < 1.29 is 9.59 Å². The Morgan fingerprint density at radius 2 is 1.63 bits per heavy atom. The molecule has 2 aromatic rings. The Hall–Kier alpha value is -2.14. The van der Waals surface area contributed by atoms with Crippen LogP contribution < -0.4 is 0 Å². The quantitative estimate of drug-likeness (QED) is 0.474. The fourth-order valence-electron chi connectivity index (χ4n) is 3.30. The molecule has 0 fully saturated rings. The van der Waals surface area contributed by atoms with Crippen LogP contribution in [-0.2, 0) is 22.7 Å². The number of hydrogen-bond donors (Lipinski definition) is 0. The summed E-state index contributed by atoms with van der Waals surface area (Å²) in [5, 5.41) is 0. The lowest BCUT2D eigenvalue weighted by Gasteiger charge is -2.29. The van der Waals surface area contributed by atoms with E-state index in [1.54, 1.807) is 16.2 Å². The number of benzene rings is 1. The van der Waals surface area contributed by atoms with Crippen LogP contribution >= 0.6 is 11.3 Å². The predicted octanol–water partition coefficient (Wildman–Crippen LogP) is 5.51. The molecule has 1 aromatic carbocycles. The Kier molecular flexibility index (Phi) is 9.57. The smallest absolute Gasteiger partial charge is 0.242 e. The fourth-order valence-corrected chi connectivity index (χ4v) is 4.20. The second-order valence-corrected chi connectivity index (χ2v) is 10.0. The molecule has 5 heteroatoms. The van der Waals surface area contributed by atoms with Gasteiger partial charge in [0, 0.05) is 29.3 Å². The van der Waals surface area contributed by atoms with Crippen LogP contribution in [0.3, 0.4) is 0 Å². The number of nitrogens with zero attached hydrogens (tertiary/aromatic N) is 2.